The summed E-state index contributed by atoms with van der Waals surface area (Å²) in [5.74, 6) is 0. The average molecular weight is 910 g/mol. The maximum atomic E-state index is 6.12. The van der Waals surface area contributed by atoms with Crippen LogP contribution in [0.25, 0.3) is 86.6 Å². The first-order valence-electron chi connectivity index (χ1n) is 24.0. The number of anilines is 3. The van der Waals surface area contributed by atoms with Crippen molar-refractivity contribution in [2.24, 2.45) is 0 Å². The van der Waals surface area contributed by atoms with E-state index in [2.05, 4.69) is 254 Å². The number of hydrogen-bond acceptors (Lipinski definition) is 3. The number of hydrogen-bond donors (Lipinski definition) is 0. The smallest absolute Gasteiger partial charge is 0.135 e. The number of para-hydroxylation sites is 1. The third-order valence-electron chi connectivity index (χ3n) is 14.6. The maximum Gasteiger partial charge on any atom is 0.135 e. The normalized spacial score (nSPS) is 12.7. The summed E-state index contributed by atoms with van der Waals surface area (Å²) in [5, 5.41) is 4.90. The van der Waals surface area contributed by atoms with E-state index in [-0.39, 0.29) is 0 Å². The van der Waals surface area contributed by atoms with Gasteiger partial charge in [-0.05, 0) is 127 Å². The zero-order chi connectivity index (χ0) is 46.2. The highest BCUT2D eigenvalue weighted by Crippen LogP contribution is 2.57. The van der Waals surface area contributed by atoms with Gasteiger partial charge in [0.05, 0.1) is 5.41 Å². The molecule has 70 heavy (non-hydrogen) atoms. The molecule has 0 saturated carbocycles. The van der Waals surface area contributed by atoms with E-state index >= 15 is 0 Å². The van der Waals surface area contributed by atoms with Gasteiger partial charge in [0.1, 0.15) is 11.2 Å². The van der Waals surface area contributed by atoms with E-state index in [9.17, 15) is 0 Å². The van der Waals surface area contributed by atoms with E-state index < -0.39 is 5.41 Å². The molecule has 0 atom stereocenters. The molecule has 0 bridgehead atoms. The molecule has 0 N–H and O–H groups in total. The van der Waals surface area contributed by atoms with Crippen LogP contribution >= 0.6 is 11.3 Å². The van der Waals surface area contributed by atoms with E-state index in [0.29, 0.717) is 0 Å². The van der Waals surface area contributed by atoms with E-state index in [0.717, 1.165) is 44.6 Å². The standard InChI is InChI=1S/C67H43NOS/c1-3-14-49(15-4-1)67(50-16-5-2-6-17-50)61-23-10-7-18-55(61)59-43-53(39-40-62(59)67)68(52-37-32-47(33-38-52)54-21-13-22-58-57-20-9-12-25-65(57)70-66(54)58)51-35-30-45(31-36-51)44-26-28-46(29-27-44)48-34-41-64-60(42-48)56-19-8-11-24-63(56)69-64/h1-43H. The van der Waals surface area contributed by atoms with Crippen LogP contribution in [-0.2, 0) is 5.41 Å². The summed E-state index contributed by atoms with van der Waals surface area (Å²) in [6.07, 6.45) is 0. The minimum atomic E-state index is -0.468. The van der Waals surface area contributed by atoms with Gasteiger partial charge in [0, 0.05) is 48.0 Å². The number of fused-ring (bicyclic) bond motifs is 9. The molecule has 0 saturated heterocycles. The van der Waals surface area contributed by atoms with E-state index in [1.165, 1.54) is 81.4 Å². The molecule has 2 nitrogen and oxygen atoms in total. The van der Waals surface area contributed by atoms with Gasteiger partial charge in [-0.1, -0.05) is 200 Å². The van der Waals surface area contributed by atoms with Gasteiger partial charge in [0.25, 0.3) is 0 Å². The molecular weight excluding hydrogens is 867 g/mol. The second kappa shape index (κ2) is 16.2. The molecule has 3 heteroatoms. The number of nitrogens with zero attached hydrogens (tertiary/aromatic N) is 1. The Labute approximate surface area is 410 Å². The second-order valence-corrected chi connectivity index (χ2v) is 19.4. The summed E-state index contributed by atoms with van der Waals surface area (Å²) in [6, 6.07) is 95.6. The molecule has 0 aliphatic heterocycles. The highest BCUT2D eigenvalue weighted by atomic mass is 32.1. The van der Waals surface area contributed by atoms with Crippen LogP contribution in [0, 0.1) is 0 Å². The lowest BCUT2D eigenvalue weighted by Crippen LogP contribution is -2.28. The van der Waals surface area contributed by atoms with Gasteiger partial charge in [0.2, 0.25) is 0 Å². The zero-order valence-corrected chi connectivity index (χ0v) is 38.9. The van der Waals surface area contributed by atoms with Crippen LogP contribution in [0.15, 0.2) is 265 Å². The lowest BCUT2D eigenvalue weighted by Gasteiger charge is -2.34. The number of furan rings is 1. The lowest BCUT2D eigenvalue weighted by molar-refractivity contribution is 0.669. The van der Waals surface area contributed by atoms with Gasteiger partial charge in [-0.2, -0.15) is 0 Å². The van der Waals surface area contributed by atoms with Crippen LogP contribution < -0.4 is 4.90 Å². The van der Waals surface area contributed by atoms with Gasteiger partial charge in [-0.15, -0.1) is 11.3 Å². The number of thiophene rings is 1. The van der Waals surface area contributed by atoms with Crippen molar-refractivity contribution in [1.82, 2.24) is 0 Å². The maximum absolute atomic E-state index is 6.12. The summed E-state index contributed by atoms with van der Waals surface area (Å²) in [5.41, 5.74) is 19.4. The van der Waals surface area contributed by atoms with E-state index in [1.807, 2.05) is 23.5 Å². The molecule has 0 fully saturated rings. The lowest BCUT2D eigenvalue weighted by atomic mass is 9.68. The Hall–Kier alpha value is -8.76. The van der Waals surface area contributed by atoms with E-state index in [1.54, 1.807) is 0 Å². The van der Waals surface area contributed by atoms with Crippen LogP contribution in [-0.4, -0.2) is 0 Å². The fraction of sp³-hybridized carbons (Fsp3) is 0.0149. The Kier molecular flexibility index (Phi) is 9.33. The van der Waals surface area contributed by atoms with Gasteiger partial charge in [-0.25, -0.2) is 0 Å². The molecule has 0 amide bonds. The molecule has 1 aliphatic rings. The third kappa shape index (κ3) is 6.32. The van der Waals surface area contributed by atoms with Crippen LogP contribution in [0.4, 0.5) is 17.1 Å². The molecule has 2 aromatic heterocycles. The molecule has 328 valence electrons. The Balaban J connectivity index is 0.876. The van der Waals surface area contributed by atoms with Gasteiger partial charge >= 0.3 is 0 Å². The fourth-order valence-corrected chi connectivity index (χ4v) is 12.6. The molecular formula is C67H43NOS. The van der Waals surface area contributed by atoms with Crippen molar-refractivity contribution in [2.75, 3.05) is 4.90 Å². The quantitative estimate of drug-likeness (QED) is 0.151. The predicted octanol–water partition coefficient (Wildman–Crippen LogP) is 18.8. The van der Waals surface area contributed by atoms with Crippen LogP contribution in [0.5, 0.6) is 0 Å². The Morgan fingerprint density at radius 3 is 1.56 bits per heavy atom. The predicted molar refractivity (Wildman–Crippen MR) is 295 cm³/mol. The minimum absolute atomic E-state index is 0.468. The molecule has 0 spiro atoms. The third-order valence-corrected chi connectivity index (χ3v) is 15.8. The summed E-state index contributed by atoms with van der Waals surface area (Å²) in [6.45, 7) is 0. The molecule has 11 aromatic carbocycles. The molecule has 2 heterocycles. The first-order chi connectivity index (χ1) is 34.7. The van der Waals surface area contributed by atoms with Gasteiger partial charge < -0.3 is 9.32 Å². The zero-order valence-electron chi connectivity index (χ0n) is 38.1. The highest BCUT2D eigenvalue weighted by molar-refractivity contribution is 7.26. The van der Waals surface area contributed by atoms with Crippen molar-refractivity contribution in [3.8, 4) is 44.5 Å². The Morgan fingerprint density at radius 1 is 0.314 bits per heavy atom. The van der Waals surface area contributed by atoms with Crippen molar-refractivity contribution in [2.45, 2.75) is 5.41 Å². The molecule has 13 aromatic rings. The number of rotatable bonds is 8. The first-order valence-corrected chi connectivity index (χ1v) is 24.8. The summed E-state index contributed by atoms with van der Waals surface area (Å²) in [7, 11) is 0. The second-order valence-electron chi connectivity index (χ2n) is 18.4. The highest BCUT2D eigenvalue weighted by Gasteiger charge is 2.46. The van der Waals surface area contributed by atoms with Crippen molar-refractivity contribution < 1.29 is 4.42 Å². The molecule has 14 rings (SSSR count). The molecule has 0 radical (unpaired) electrons. The van der Waals surface area contributed by atoms with Crippen molar-refractivity contribution in [1.29, 1.82) is 0 Å². The topological polar surface area (TPSA) is 16.4 Å². The van der Waals surface area contributed by atoms with E-state index in [4.69, 9.17) is 4.42 Å². The largest absolute Gasteiger partial charge is 0.456 e. The molecule has 1 aliphatic carbocycles. The van der Waals surface area contributed by atoms with Crippen LogP contribution in [0.2, 0.25) is 0 Å². The van der Waals surface area contributed by atoms with Crippen molar-refractivity contribution in [3.63, 3.8) is 0 Å². The van der Waals surface area contributed by atoms with Gasteiger partial charge in [-0.3, -0.25) is 0 Å². The fourth-order valence-electron chi connectivity index (χ4n) is 11.4. The summed E-state index contributed by atoms with van der Waals surface area (Å²) in [4.78, 5) is 2.42. The van der Waals surface area contributed by atoms with Crippen LogP contribution in [0.3, 0.4) is 0 Å². The Bertz CT molecular complexity index is 4050. The summed E-state index contributed by atoms with van der Waals surface area (Å²) < 4.78 is 8.76. The molecule has 0 unspecified atom stereocenters. The van der Waals surface area contributed by atoms with Gasteiger partial charge in [0.15, 0.2) is 0 Å². The van der Waals surface area contributed by atoms with Crippen molar-refractivity contribution in [3.05, 3.63) is 283 Å². The Morgan fingerprint density at radius 2 is 0.829 bits per heavy atom. The first kappa shape index (κ1) is 40.3. The SMILES string of the molecule is c1ccc(C2(c3ccccc3)c3ccccc3-c3cc(N(c4ccc(-c5ccc(-c6ccc7oc8ccccc8c7c6)cc5)cc4)c4ccc(-c5cccc6c5sc5ccccc56)cc4)ccc32)cc1. The van der Waals surface area contributed by atoms with Crippen LogP contribution in [0.1, 0.15) is 22.3 Å². The number of benzene rings is 11. The van der Waals surface area contributed by atoms with Crippen molar-refractivity contribution >= 4 is 70.5 Å². The monoisotopic (exact) mass is 909 g/mol. The summed E-state index contributed by atoms with van der Waals surface area (Å²) >= 11 is 1.88. The minimum Gasteiger partial charge on any atom is -0.456 e. The average Bonchev–Trinajstić information content (AvgIpc) is 4.10.